The van der Waals surface area contributed by atoms with Crippen molar-refractivity contribution in [1.82, 2.24) is 9.97 Å². The zero-order valence-corrected chi connectivity index (χ0v) is 20.7. The molecule has 0 amide bonds. The maximum Gasteiger partial charge on any atom is 0.0656 e. The lowest BCUT2D eigenvalue weighted by Gasteiger charge is -2.61. The minimum Gasteiger partial charge on any atom is -0.393 e. The predicted molar refractivity (Wildman–Crippen MR) is 127 cm³/mol. The van der Waals surface area contributed by atoms with Gasteiger partial charge < -0.3 is 10.2 Å². The zero-order chi connectivity index (χ0) is 22.7. The van der Waals surface area contributed by atoms with Crippen LogP contribution in [0.3, 0.4) is 0 Å². The van der Waals surface area contributed by atoms with E-state index in [1.165, 1.54) is 38.5 Å². The molecule has 4 aliphatic carbocycles. The van der Waals surface area contributed by atoms with Crippen LogP contribution >= 0.6 is 0 Å². The summed E-state index contributed by atoms with van der Waals surface area (Å²) in [5.74, 6) is 3.47. The number of rotatable bonds is 4. The summed E-state index contributed by atoms with van der Waals surface area (Å²) in [6, 6.07) is 0. The molecule has 0 aliphatic heterocycles. The molecular weight excluding hydrogens is 396 g/mol. The average molecular weight is 441 g/mol. The number of aliphatic hydroxyl groups is 2. The summed E-state index contributed by atoms with van der Waals surface area (Å²) in [4.78, 5) is 8.91. The van der Waals surface area contributed by atoms with Gasteiger partial charge in [-0.3, -0.25) is 9.97 Å². The Hall–Kier alpha value is -1.00. The Morgan fingerprint density at radius 2 is 1.72 bits per heavy atom. The summed E-state index contributed by atoms with van der Waals surface area (Å²) in [7, 11) is 0. The third kappa shape index (κ3) is 3.64. The van der Waals surface area contributed by atoms with Gasteiger partial charge in [-0.05, 0) is 125 Å². The van der Waals surface area contributed by atoms with Crippen LogP contribution < -0.4 is 0 Å². The number of aliphatic hydroxyl groups excluding tert-OH is 1. The highest BCUT2D eigenvalue weighted by molar-refractivity contribution is 5.12. The maximum atomic E-state index is 11.7. The molecule has 4 nitrogen and oxygen atoms in total. The van der Waals surface area contributed by atoms with E-state index in [0.29, 0.717) is 17.3 Å². The molecule has 9 atom stereocenters. The van der Waals surface area contributed by atoms with Crippen LogP contribution in [0, 0.1) is 47.3 Å². The standard InChI is InChI=1S/C28H44N2O2/c1-18-16-30-20(17-29-18)9-14-28(4,32)25-8-7-23-22-6-5-19-15-21(31)10-12-26(19,2)24(22)11-13-27(23,25)3/h16-17,19,21-25,31-32H,5-15H2,1-4H3/t19?,21-,22-,23-,24-,25-,26-,27-,28+/m0/s1. The summed E-state index contributed by atoms with van der Waals surface area (Å²) >= 11 is 0. The Balaban J connectivity index is 1.31. The molecule has 1 unspecified atom stereocenters. The van der Waals surface area contributed by atoms with Crippen molar-refractivity contribution in [3.63, 3.8) is 0 Å². The number of hydrogen-bond donors (Lipinski definition) is 2. The molecule has 4 heteroatoms. The van der Waals surface area contributed by atoms with Crippen LogP contribution in [0.4, 0.5) is 0 Å². The number of hydrogen-bond acceptors (Lipinski definition) is 4. The van der Waals surface area contributed by atoms with Gasteiger partial charge in [0.1, 0.15) is 0 Å². The van der Waals surface area contributed by atoms with Crippen LogP contribution in [-0.2, 0) is 6.42 Å². The van der Waals surface area contributed by atoms with Gasteiger partial charge in [-0.1, -0.05) is 13.8 Å². The lowest BCUT2D eigenvalue weighted by molar-refractivity contribution is -0.144. The largest absolute Gasteiger partial charge is 0.393 e. The molecule has 178 valence electrons. The highest BCUT2D eigenvalue weighted by Gasteiger charge is 2.62. The van der Waals surface area contributed by atoms with Gasteiger partial charge in [-0.25, -0.2) is 0 Å². The lowest BCUT2D eigenvalue weighted by atomic mass is 9.44. The van der Waals surface area contributed by atoms with E-state index in [2.05, 4.69) is 30.7 Å². The number of fused-ring (bicyclic) bond motifs is 5. The van der Waals surface area contributed by atoms with Crippen molar-refractivity contribution >= 4 is 0 Å². The monoisotopic (exact) mass is 440 g/mol. The molecule has 1 aromatic heterocycles. The van der Waals surface area contributed by atoms with Crippen LogP contribution in [0.1, 0.15) is 96.4 Å². The lowest BCUT2D eigenvalue weighted by Crippen LogP contribution is -2.55. The van der Waals surface area contributed by atoms with E-state index in [9.17, 15) is 10.2 Å². The van der Waals surface area contributed by atoms with Crippen molar-refractivity contribution in [3.05, 3.63) is 23.8 Å². The van der Waals surface area contributed by atoms with E-state index < -0.39 is 5.60 Å². The first-order valence-corrected chi connectivity index (χ1v) is 13.3. The van der Waals surface area contributed by atoms with E-state index in [1.807, 2.05) is 19.3 Å². The third-order valence-corrected chi connectivity index (χ3v) is 11.1. The SMILES string of the molecule is Cc1cnc(CC[C@@](C)(O)[C@H]2CC[C@H]3[C@@H]4CCC5C[C@@H](O)CC[C@]5(C)[C@H]4CC[C@@]32C)cn1. The molecule has 0 radical (unpaired) electrons. The fourth-order valence-corrected chi connectivity index (χ4v) is 9.36. The molecule has 0 spiro atoms. The summed E-state index contributed by atoms with van der Waals surface area (Å²) in [5.41, 5.74) is 1.96. The van der Waals surface area contributed by atoms with Crippen molar-refractivity contribution in [2.45, 2.75) is 110 Å². The summed E-state index contributed by atoms with van der Waals surface area (Å²) in [6.45, 7) is 9.14. The molecule has 2 N–H and O–H groups in total. The van der Waals surface area contributed by atoms with Gasteiger partial charge in [-0.15, -0.1) is 0 Å². The normalized spacial score (nSPS) is 45.4. The van der Waals surface area contributed by atoms with Crippen molar-refractivity contribution in [2.24, 2.45) is 40.4 Å². The van der Waals surface area contributed by atoms with Gasteiger partial charge >= 0.3 is 0 Å². The number of aryl methyl sites for hydroxylation is 2. The fourth-order valence-electron chi connectivity index (χ4n) is 9.36. The summed E-state index contributed by atoms with van der Waals surface area (Å²) < 4.78 is 0. The Bertz CT molecular complexity index is 823. The first-order valence-electron chi connectivity index (χ1n) is 13.3. The molecule has 5 rings (SSSR count). The van der Waals surface area contributed by atoms with Gasteiger partial charge in [0.05, 0.1) is 23.1 Å². The second-order valence-electron chi connectivity index (χ2n) is 12.8. The molecule has 4 fully saturated rings. The zero-order valence-electron chi connectivity index (χ0n) is 20.7. The minimum atomic E-state index is -0.654. The molecule has 1 aromatic rings. The highest BCUT2D eigenvalue weighted by Crippen LogP contribution is 2.68. The first kappa shape index (κ1) is 22.8. The van der Waals surface area contributed by atoms with E-state index in [1.54, 1.807) is 0 Å². The second-order valence-corrected chi connectivity index (χ2v) is 12.8. The van der Waals surface area contributed by atoms with Gasteiger partial charge in [0.15, 0.2) is 0 Å². The Labute approximate surface area is 194 Å². The molecule has 1 heterocycles. The second kappa shape index (κ2) is 8.05. The quantitative estimate of drug-likeness (QED) is 0.650. The number of aromatic nitrogens is 2. The van der Waals surface area contributed by atoms with Gasteiger partial charge in [0.2, 0.25) is 0 Å². The third-order valence-electron chi connectivity index (χ3n) is 11.1. The van der Waals surface area contributed by atoms with Crippen LogP contribution in [0.5, 0.6) is 0 Å². The van der Waals surface area contributed by atoms with Gasteiger partial charge in [0.25, 0.3) is 0 Å². The molecular formula is C28H44N2O2. The van der Waals surface area contributed by atoms with Crippen LogP contribution in [0.15, 0.2) is 12.4 Å². The van der Waals surface area contributed by atoms with Crippen LogP contribution in [0.2, 0.25) is 0 Å². The van der Waals surface area contributed by atoms with E-state index >= 15 is 0 Å². The van der Waals surface area contributed by atoms with E-state index in [4.69, 9.17) is 0 Å². The van der Waals surface area contributed by atoms with E-state index in [-0.39, 0.29) is 11.5 Å². The topological polar surface area (TPSA) is 66.2 Å². The van der Waals surface area contributed by atoms with Crippen molar-refractivity contribution < 1.29 is 10.2 Å². The smallest absolute Gasteiger partial charge is 0.0656 e. The Kier molecular flexibility index (Phi) is 5.73. The van der Waals surface area contributed by atoms with Gasteiger partial charge in [0, 0.05) is 12.4 Å². The molecule has 4 aliphatic rings. The number of nitrogens with zero attached hydrogens (tertiary/aromatic N) is 2. The van der Waals surface area contributed by atoms with Crippen LogP contribution in [0.25, 0.3) is 0 Å². The molecule has 4 saturated carbocycles. The van der Waals surface area contributed by atoms with Crippen molar-refractivity contribution in [3.8, 4) is 0 Å². The Morgan fingerprint density at radius 1 is 0.969 bits per heavy atom. The van der Waals surface area contributed by atoms with Crippen molar-refractivity contribution in [1.29, 1.82) is 0 Å². The molecule has 0 saturated heterocycles. The molecule has 0 aromatic carbocycles. The molecule has 32 heavy (non-hydrogen) atoms. The first-order chi connectivity index (χ1) is 15.1. The Morgan fingerprint density at radius 3 is 2.47 bits per heavy atom. The predicted octanol–water partition coefficient (Wildman–Crippen LogP) is 5.49. The average Bonchev–Trinajstić information content (AvgIpc) is 3.12. The highest BCUT2D eigenvalue weighted by atomic mass is 16.3. The van der Waals surface area contributed by atoms with Crippen LogP contribution in [-0.4, -0.2) is 31.9 Å². The summed E-state index contributed by atoms with van der Waals surface area (Å²) in [5, 5.41) is 22.0. The maximum absolute atomic E-state index is 11.7. The minimum absolute atomic E-state index is 0.0670. The van der Waals surface area contributed by atoms with E-state index in [0.717, 1.165) is 61.2 Å². The fraction of sp³-hybridized carbons (Fsp3) is 0.857. The van der Waals surface area contributed by atoms with Crippen molar-refractivity contribution in [2.75, 3.05) is 0 Å². The molecule has 0 bridgehead atoms. The van der Waals surface area contributed by atoms with Gasteiger partial charge in [-0.2, -0.15) is 0 Å². The summed E-state index contributed by atoms with van der Waals surface area (Å²) in [6.07, 6.45) is 16.1.